The molecule has 2 fully saturated rings. The van der Waals surface area contributed by atoms with E-state index in [9.17, 15) is 13.6 Å². The zero-order valence-electron chi connectivity index (χ0n) is 20.1. The van der Waals surface area contributed by atoms with Crippen molar-refractivity contribution in [2.45, 2.75) is 30.3 Å². The number of ketones is 1. The number of carbonyl (C=O) groups excluding carboxylic acids is 1. The number of ether oxygens (including phenoxy) is 1. The molecule has 6 nitrogen and oxygen atoms in total. The van der Waals surface area contributed by atoms with Gasteiger partial charge >= 0.3 is 0 Å². The van der Waals surface area contributed by atoms with Crippen LogP contribution in [0.1, 0.15) is 35.7 Å². The maximum atomic E-state index is 13.6. The van der Waals surface area contributed by atoms with Crippen molar-refractivity contribution in [2.75, 3.05) is 32.5 Å². The van der Waals surface area contributed by atoms with Crippen molar-refractivity contribution in [3.8, 4) is 17.1 Å². The Hall–Kier alpha value is -2.78. The van der Waals surface area contributed by atoms with Crippen LogP contribution in [0.15, 0.2) is 41.6 Å². The van der Waals surface area contributed by atoms with Gasteiger partial charge in [-0.1, -0.05) is 17.8 Å². The number of methoxy groups -OCH3 is 1. The topological polar surface area (TPSA) is 60.2 Å². The molecule has 1 aliphatic heterocycles. The number of piperidine rings is 1. The number of halogens is 2. The van der Waals surface area contributed by atoms with Gasteiger partial charge in [0.15, 0.2) is 28.4 Å². The van der Waals surface area contributed by atoms with Gasteiger partial charge in [-0.25, -0.2) is 8.78 Å². The van der Waals surface area contributed by atoms with Crippen molar-refractivity contribution in [2.24, 2.45) is 13.0 Å². The van der Waals surface area contributed by atoms with Crippen LogP contribution in [0.25, 0.3) is 11.4 Å². The first-order chi connectivity index (χ1) is 16.8. The number of carbonyl (C=O) groups is 1. The third-order valence-corrected chi connectivity index (χ3v) is 8.34. The van der Waals surface area contributed by atoms with Crippen molar-refractivity contribution in [1.82, 2.24) is 19.7 Å². The van der Waals surface area contributed by atoms with Gasteiger partial charge in [0.1, 0.15) is 5.75 Å². The molecule has 35 heavy (non-hydrogen) atoms. The summed E-state index contributed by atoms with van der Waals surface area (Å²) in [5.41, 5.74) is 2.56. The summed E-state index contributed by atoms with van der Waals surface area (Å²) in [4.78, 5) is 14.6. The number of hydrogen-bond donors (Lipinski definition) is 0. The monoisotopic (exact) mass is 498 g/mol. The number of thioether (sulfide) groups is 1. The maximum Gasteiger partial charge on any atom is 0.191 e. The van der Waals surface area contributed by atoms with Gasteiger partial charge in [0.05, 0.1) is 12.7 Å². The van der Waals surface area contributed by atoms with Gasteiger partial charge in [-0.05, 0) is 68.1 Å². The highest BCUT2D eigenvalue weighted by Gasteiger charge is 2.60. The van der Waals surface area contributed by atoms with E-state index in [-0.39, 0.29) is 11.2 Å². The predicted molar refractivity (Wildman–Crippen MR) is 131 cm³/mol. The molecule has 2 aliphatic rings. The Balaban J connectivity index is 1.15. The summed E-state index contributed by atoms with van der Waals surface area (Å²) in [6.07, 6.45) is 2.18. The fourth-order valence-corrected chi connectivity index (χ4v) is 6.11. The summed E-state index contributed by atoms with van der Waals surface area (Å²) in [5, 5.41) is 9.14. The quantitative estimate of drug-likeness (QED) is 0.242. The Labute approximate surface area is 207 Å². The summed E-state index contributed by atoms with van der Waals surface area (Å²) >= 11 is 1.61. The standard InChI is InChI=1S/C26H28F2N4O2S/c1-16(33)20-12-18(6-8-23(20)34-3)26-13-19(26)14-32(15-26)9-4-10-35-25-30-29-24(31(25)2)17-5-7-21(27)22(28)11-17/h5-8,11-12,19H,4,9-10,13-15H2,1-3H3/t19-,26+/m0/s1. The van der Waals surface area contributed by atoms with Gasteiger partial charge in [-0.15, -0.1) is 10.2 Å². The summed E-state index contributed by atoms with van der Waals surface area (Å²) in [6, 6.07) is 9.82. The molecular weight excluding hydrogens is 470 g/mol. The Bertz CT molecular complexity index is 1280. The average Bonchev–Trinajstić information content (AvgIpc) is 3.22. The largest absolute Gasteiger partial charge is 0.496 e. The maximum absolute atomic E-state index is 13.6. The summed E-state index contributed by atoms with van der Waals surface area (Å²) in [6.45, 7) is 4.67. The molecule has 9 heteroatoms. The molecule has 1 saturated heterocycles. The molecule has 2 heterocycles. The van der Waals surface area contributed by atoms with E-state index in [1.165, 1.54) is 18.1 Å². The molecule has 0 unspecified atom stereocenters. The number of likely N-dealkylation sites (tertiary alicyclic amines) is 1. The smallest absolute Gasteiger partial charge is 0.191 e. The van der Waals surface area contributed by atoms with Crippen LogP contribution in [0, 0.1) is 17.6 Å². The average molecular weight is 499 g/mol. The third kappa shape index (κ3) is 4.47. The lowest BCUT2D eigenvalue weighted by Crippen LogP contribution is -2.28. The number of aromatic nitrogens is 3. The van der Waals surface area contributed by atoms with Gasteiger partial charge in [0, 0.05) is 36.9 Å². The highest BCUT2D eigenvalue weighted by Crippen LogP contribution is 2.59. The molecule has 3 aromatic rings. The lowest BCUT2D eigenvalue weighted by atomic mass is 9.92. The molecule has 0 amide bonds. The Morgan fingerprint density at radius 2 is 2.03 bits per heavy atom. The lowest BCUT2D eigenvalue weighted by molar-refractivity contribution is 0.101. The van der Waals surface area contributed by atoms with Gasteiger partial charge in [-0.2, -0.15) is 0 Å². The third-order valence-electron chi connectivity index (χ3n) is 7.23. The minimum atomic E-state index is -0.895. The van der Waals surface area contributed by atoms with Crippen LogP contribution in [0.5, 0.6) is 5.75 Å². The molecule has 2 atom stereocenters. The van der Waals surface area contributed by atoms with E-state index >= 15 is 0 Å². The molecule has 0 bridgehead atoms. The highest BCUT2D eigenvalue weighted by molar-refractivity contribution is 7.99. The first-order valence-corrected chi connectivity index (χ1v) is 12.7. The minimum Gasteiger partial charge on any atom is -0.496 e. The van der Waals surface area contributed by atoms with Gasteiger partial charge in [0.25, 0.3) is 0 Å². The zero-order chi connectivity index (χ0) is 24.7. The van der Waals surface area contributed by atoms with Gasteiger partial charge in [0.2, 0.25) is 0 Å². The number of nitrogens with zero attached hydrogens (tertiary/aromatic N) is 4. The van der Waals surface area contributed by atoms with E-state index in [1.807, 2.05) is 23.7 Å². The molecule has 184 valence electrons. The fourth-order valence-electron chi connectivity index (χ4n) is 5.28. The van der Waals surface area contributed by atoms with E-state index in [0.29, 0.717) is 28.6 Å². The molecule has 0 spiro atoms. The number of rotatable bonds is 9. The van der Waals surface area contributed by atoms with Crippen molar-refractivity contribution < 1.29 is 18.3 Å². The summed E-state index contributed by atoms with van der Waals surface area (Å²) < 4.78 is 34.0. The Morgan fingerprint density at radius 3 is 2.77 bits per heavy atom. The first-order valence-electron chi connectivity index (χ1n) is 11.7. The van der Waals surface area contributed by atoms with E-state index in [4.69, 9.17) is 4.74 Å². The van der Waals surface area contributed by atoms with E-state index in [2.05, 4.69) is 21.2 Å². The fraction of sp³-hybridized carbons (Fsp3) is 0.423. The van der Waals surface area contributed by atoms with Crippen molar-refractivity contribution in [3.63, 3.8) is 0 Å². The molecule has 2 aromatic carbocycles. The SMILES string of the molecule is COc1ccc([C@]23C[C@H]2CN(CCCSc2nnc(-c4ccc(F)c(F)c4)n2C)C3)cc1C(C)=O. The van der Waals surface area contributed by atoms with Crippen LogP contribution in [0.3, 0.4) is 0 Å². The molecule has 1 aliphatic carbocycles. The van der Waals surface area contributed by atoms with E-state index < -0.39 is 11.6 Å². The molecular formula is C26H28F2N4O2S. The van der Waals surface area contributed by atoms with Crippen LogP contribution < -0.4 is 4.74 Å². The number of benzene rings is 2. The van der Waals surface area contributed by atoms with Gasteiger partial charge < -0.3 is 14.2 Å². The summed E-state index contributed by atoms with van der Waals surface area (Å²) in [5.74, 6) is 0.929. The number of Topliss-reactive ketones (excluding diaryl/α,β-unsaturated/α-hetero) is 1. The normalized spacial score (nSPS) is 21.2. The number of hydrogen-bond acceptors (Lipinski definition) is 6. The van der Waals surface area contributed by atoms with Crippen LogP contribution in [-0.4, -0.2) is 57.9 Å². The van der Waals surface area contributed by atoms with Crippen LogP contribution in [-0.2, 0) is 12.5 Å². The Morgan fingerprint density at radius 1 is 1.20 bits per heavy atom. The van der Waals surface area contributed by atoms with Crippen molar-refractivity contribution in [1.29, 1.82) is 0 Å². The van der Waals surface area contributed by atoms with Gasteiger partial charge in [-0.3, -0.25) is 4.79 Å². The molecule has 5 rings (SSSR count). The second-order valence-corrected chi connectivity index (χ2v) is 10.5. The molecule has 0 radical (unpaired) electrons. The van der Waals surface area contributed by atoms with E-state index in [1.54, 1.807) is 25.8 Å². The lowest BCUT2D eigenvalue weighted by Gasteiger charge is -2.21. The molecule has 1 aromatic heterocycles. The zero-order valence-corrected chi connectivity index (χ0v) is 20.9. The first kappa shape index (κ1) is 23.9. The minimum absolute atomic E-state index is 0.0284. The molecule has 0 N–H and O–H groups in total. The molecule has 1 saturated carbocycles. The second-order valence-electron chi connectivity index (χ2n) is 9.46. The van der Waals surface area contributed by atoms with Crippen LogP contribution in [0.4, 0.5) is 8.78 Å². The van der Waals surface area contributed by atoms with Crippen LogP contribution in [0.2, 0.25) is 0 Å². The second kappa shape index (κ2) is 9.35. The Kier molecular flexibility index (Phi) is 6.40. The highest BCUT2D eigenvalue weighted by atomic mass is 32.2. The summed E-state index contributed by atoms with van der Waals surface area (Å²) in [7, 11) is 3.43. The predicted octanol–water partition coefficient (Wildman–Crippen LogP) is 4.73. The van der Waals surface area contributed by atoms with Crippen molar-refractivity contribution >= 4 is 17.5 Å². The van der Waals surface area contributed by atoms with E-state index in [0.717, 1.165) is 49.1 Å². The van der Waals surface area contributed by atoms with Crippen LogP contribution >= 0.6 is 11.8 Å². The number of fused-ring (bicyclic) bond motifs is 1. The van der Waals surface area contributed by atoms with Crippen molar-refractivity contribution in [3.05, 3.63) is 59.2 Å².